The molecule has 3 nitrogen and oxygen atoms in total. The first-order valence-electron chi connectivity index (χ1n) is 23.6. The second-order valence-electron chi connectivity index (χ2n) is 26.1. The molecule has 1 fully saturated rings. The number of hydrogen-bond donors (Lipinski definition) is 0. The van der Waals surface area contributed by atoms with E-state index in [0.717, 1.165) is 0 Å². The zero-order valence-corrected chi connectivity index (χ0v) is 42.6. The Balaban J connectivity index is 1.61. The minimum Gasteiger partial charge on any atom is -0.293 e. The van der Waals surface area contributed by atoms with Gasteiger partial charge in [-0.3, -0.25) is 13.4 Å². The van der Waals surface area contributed by atoms with Crippen LogP contribution in [0, 0.1) is 0 Å². The smallest absolute Gasteiger partial charge is 0.136 e. The highest BCUT2D eigenvalue weighted by Gasteiger charge is 2.66. The summed E-state index contributed by atoms with van der Waals surface area (Å²) in [5, 5.41) is 9.47. The fraction of sp³-hybridized carbons (Fsp3) is 0.500. The van der Waals surface area contributed by atoms with Gasteiger partial charge in [0.2, 0.25) is 0 Å². The monoisotopic (exact) mass is 842 g/mol. The van der Waals surface area contributed by atoms with Crippen molar-refractivity contribution >= 4 is 81.0 Å². The van der Waals surface area contributed by atoms with Gasteiger partial charge in [-0.2, -0.15) is 0 Å². The molecule has 12 rings (SSSR count). The molecule has 0 radical (unpaired) electrons. The summed E-state index contributed by atoms with van der Waals surface area (Å²) in [5.74, 6) is 0. The molecule has 0 unspecified atom stereocenters. The third kappa shape index (κ3) is 4.38. The standard InChI is InChI=1S/C56H71N3Si2/c1-50(2,3)34-30-43-45-44(31-34)61(53(10,11)12,54(13,14)15)47-36-23-19-21-25-40(36)58-42-33-38-37(55(16)26-28-56(38,17)29-27-55)32-41(42)57-39-24-20-18-22-35(39)46(48(57)59(45)49(47)58)60(43,51(4,5)6)52(7,8)9/h18-25,30-33H,26-29H2,1-17H3. The maximum absolute atomic E-state index is 2.92. The molecule has 1 saturated carbocycles. The third-order valence-electron chi connectivity index (χ3n) is 17.7. The van der Waals surface area contributed by atoms with Gasteiger partial charge in [0.15, 0.2) is 0 Å². The van der Waals surface area contributed by atoms with Crippen LogP contribution in [0.1, 0.15) is 160 Å². The van der Waals surface area contributed by atoms with Crippen LogP contribution in [0.2, 0.25) is 20.2 Å². The lowest BCUT2D eigenvalue weighted by Crippen LogP contribution is -2.77. The molecular formula is C56H71N3Si2. The molecule has 0 amide bonds. The zero-order chi connectivity index (χ0) is 43.8. The van der Waals surface area contributed by atoms with Crippen LogP contribution >= 0.6 is 0 Å². The van der Waals surface area contributed by atoms with Crippen molar-refractivity contribution in [3.05, 3.63) is 89.5 Å². The van der Waals surface area contributed by atoms with Crippen LogP contribution in [-0.2, 0) is 16.2 Å². The van der Waals surface area contributed by atoms with Crippen molar-refractivity contribution in [2.24, 2.45) is 0 Å². The predicted molar refractivity (Wildman–Crippen MR) is 270 cm³/mol. The first-order valence-corrected chi connectivity index (χ1v) is 27.6. The van der Waals surface area contributed by atoms with E-state index in [1.54, 1.807) is 37.6 Å². The van der Waals surface area contributed by atoms with Crippen LogP contribution in [0.5, 0.6) is 0 Å². The van der Waals surface area contributed by atoms with Gasteiger partial charge in [-0.25, -0.2) is 0 Å². The molecule has 5 heterocycles. The van der Waals surface area contributed by atoms with Gasteiger partial charge in [-0.05, 0) is 124 Å². The van der Waals surface area contributed by atoms with E-state index >= 15 is 0 Å². The van der Waals surface area contributed by atoms with E-state index in [9.17, 15) is 0 Å². The number of rotatable bonds is 0. The maximum Gasteiger partial charge on any atom is 0.136 e. The zero-order valence-electron chi connectivity index (χ0n) is 40.6. The SMILES string of the molecule is CC(C)(C)c1cc2c3c(c1)[Si](C(C)(C)C)(C(C)(C)C)c1c4ccccc4n4c5cc6c(cc5n5c7ccccc7c(c5n-3c14)[Si]2(C(C)(C)C)C(C)(C)C)C1(C)CCC6(C)CC1. The van der Waals surface area contributed by atoms with Gasteiger partial charge < -0.3 is 0 Å². The molecule has 0 N–H and O–H groups in total. The maximum atomic E-state index is 2.92. The van der Waals surface area contributed by atoms with E-state index in [-0.39, 0.29) is 36.4 Å². The van der Waals surface area contributed by atoms with Crippen LogP contribution in [-0.4, -0.2) is 29.5 Å². The van der Waals surface area contributed by atoms with E-state index in [1.165, 1.54) is 75.4 Å². The van der Waals surface area contributed by atoms with Crippen LogP contribution in [0.4, 0.5) is 0 Å². The molecule has 3 aromatic heterocycles. The number of benzene rings is 4. The van der Waals surface area contributed by atoms with Gasteiger partial charge in [-0.1, -0.05) is 166 Å². The minimum atomic E-state index is -2.81. The van der Waals surface area contributed by atoms with Crippen molar-refractivity contribution in [1.29, 1.82) is 0 Å². The van der Waals surface area contributed by atoms with Crippen LogP contribution in [0.25, 0.3) is 49.8 Å². The number of para-hydroxylation sites is 2. The summed E-state index contributed by atoms with van der Waals surface area (Å²) in [4.78, 5) is 0. The second kappa shape index (κ2) is 11.3. The molecule has 0 atom stereocenters. The Morgan fingerprint density at radius 1 is 0.459 bits per heavy atom. The van der Waals surface area contributed by atoms with Gasteiger partial charge in [-0.15, -0.1) is 0 Å². The molecule has 61 heavy (non-hydrogen) atoms. The van der Waals surface area contributed by atoms with Crippen molar-refractivity contribution in [2.45, 2.75) is 180 Å². The van der Waals surface area contributed by atoms with Gasteiger partial charge in [0.05, 0.1) is 22.1 Å². The summed E-state index contributed by atoms with van der Waals surface area (Å²) >= 11 is 0. The molecule has 318 valence electrons. The largest absolute Gasteiger partial charge is 0.293 e. The van der Waals surface area contributed by atoms with Crippen molar-refractivity contribution in [1.82, 2.24) is 13.4 Å². The lowest BCUT2D eigenvalue weighted by Gasteiger charge is -2.59. The highest BCUT2D eigenvalue weighted by molar-refractivity contribution is 7.12. The normalized spacial score (nSPS) is 23.0. The van der Waals surface area contributed by atoms with E-state index in [4.69, 9.17) is 0 Å². The van der Waals surface area contributed by atoms with Crippen LogP contribution in [0.3, 0.4) is 0 Å². The second-order valence-corrected chi connectivity index (χ2v) is 37.2. The predicted octanol–water partition coefficient (Wildman–Crippen LogP) is 13.4. The lowest BCUT2D eigenvalue weighted by atomic mass is 9.52. The summed E-state index contributed by atoms with van der Waals surface area (Å²) in [6, 6.07) is 30.3. The fourth-order valence-electron chi connectivity index (χ4n) is 15.8. The highest BCUT2D eigenvalue weighted by Crippen LogP contribution is 2.60. The van der Waals surface area contributed by atoms with Gasteiger partial charge in [0.25, 0.3) is 0 Å². The van der Waals surface area contributed by atoms with Crippen molar-refractivity contribution < 1.29 is 0 Å². The number of aromatic nitrogens is 3. The molecule has 3 aliphatic carbocycles. The van der Waals surface area contributed by atoms with Crippen molar-refractivity contribution in [2.75, 3.05) is 0 Å². The first kappa shape index (κ1) is 40.0. The van der Waals surface area contributed by atoms with E-state index in [1.807, 2.05) is 0 Å². The Morgan fingerprint density at radius 2 is 0.803 bits per heavy atom. The average molecular weight is 842 g/mol. The average Bonchev–Trinajstić information content (AvgIpc) is 3.62. The number of hydrogen-bond acceptors (Lipinski definition) is 0. The van der Waals surface area contributed by atoms with Gasteiger partial charge in [0, 0.05) is 16.5 Å². The minimum absolute atomic E-state index is 0.0139. The van der Waals surface area contributed by atoms with Crippen LogP contribution < -0.4 is 20.7 Å². The first-order chi connectivity index (χ1) is 28.2. The van der Waals surface area contributed by atoms with E-state index < -0.39 is 16.1 Å². The van der Waals surface area contributed by atoms with Crippen LogP contribution in [0.15, 0.2) is 72.8 Å². The number of nitrogens with zero attached hydrogens (tertiary/aromatic N) is 3. The molecule has 0 saturated heterocycles. The Bertz CT molecular complexity index is 2910. The molecule has 5 heteroatoms. The Labute approximate surface area is 367 Å². The Morgan fingerprint density at radius 3 is 1.13 bits per heavy atom. The Hall–Kier alpha value is -3.81. The Kier molecular flexibility index (Phi) is 7.40. The quantitative estimate of drug-likeness (QED) is 0.135. The molecule has 4 aromatic carbocycles. The third-order valence-corrected chi connectivity index (χ3v) is 31.6. The molecular weight excluding hydrogens is 771 g/mol. The topological polar surface area (TPSA) is 13.8 Å². The molecule has 2 aliphatic heterocycles. The summed E-state index contributed by atoms with van der Waals surface area (Å²) in [6.45, 7) is 44.1. The summed E-state index contributed by atoms with van der Waals surface area (Å²) in [6.07, 6.45) is 5.10. The van der Waals surface area contributed by atoms with E-state index in [2.05, 4.69) is 204 Å². The molecule has 0 spiro atoms. The van der Waals surface area contributed by atoms with Gasteiger partial charge in [0.1, 0.15) is 27.4 Å². The van der Waals surface area contributed by atoms with Crippen molar-refractivity contribution in [3.63, 3.8) is 0 Å². The molecule has 2 bridgehead atoms. The molecule has 5 aliphatic rings. The van der Waals surface area contributed by atoms with Gasteiger partial charge >= 0.3 is 0 Å². The lowest BCUT2D eigenvalue weighted by molar-refractivity contribution is 0.188. The molecule has 7 aromatic rings. The summed E-state index contributed by atoms with van der Waals surface area (Å²) < 4.78 is 8.57. The number of fused-ring (bicyclic) bond motifs is 11. The summed E-state index contributed by atoms with van der Waals surface area (Å²) in [7, 11) is -5.62. The van der Waals surface area contributed by atoms with E-state index in [0.29, 0.717) is 0 Å². The fourth-order valence-corrected chi connectivity index (χ4v) is 31.4. The van der Waals surface area contributed by atoms with Crippen molar-refractivity contribution in [3.8, 4) is 5.69 Å². The summed E-state index contributed by atoms with van der Waals surface area (Å²) in [5.41, 5.74) is 14.9. The highest BCUT2D eigenvalue weighted by atomic mass is 28.3.